The number of carbonyl (C=O) groups excluding carboxylic acids is 2. The Kier molecular flexibility index (Phi) is 4.72. The third kappa shape index (κ3) is 3.69. The third-order valence-corrected chi connectivity index (χ3v) is 3.08. The van der Waals surface area contributed by atoms with Crippen molar-refractivity contribution in [1.82, 2.24) is 4.90 Å². The van der Waals surface area contributed by atoms with Gasteiger partial charge in [0, 0.05) is 25.5 Å². The van der Waals surface area contributed by atoms with Crippen molar-refractivity contribution in [2.45, 2.75) is 6.42 Å². The van der Waals surface area contributed by atoms with Gasteiger partial charge in [0.25, 0.3) is 0 Å². The molecule has 0 aromatic heterocycles. The highest BCUT2D eigenvalue weighted by atomic mass is 16.2. The minimum atomic E-state index is -0.244. The van der Waals surface area contributed by atoms with E-state index in [1.54, 1.807) is 19.0 Å². The molecule has 0 unspecified atom stereocenters. The fourth-order valence-corrected chi connectivity index (χ4v) is 1.96. The van der Waals surface area contributed by atoms with E-state index < -0.39 is 0 Å². The lowest BCUT2D eigenvalue weighted by Crippen LogP contribution is -2.32. The summed E-state index contributed by atoms with van der Waals surface area (Å²) in [5.41, 5.74) is 1.50. The van der Waals surface area contributed by atoms with Crippen LogP contribution in [0.25, 0.3) is 0 Å². The molecule has 2 aromatic carbocycles. The summed E-state index contributed by atoms with van der Waals surface area (Å²) >= 11 is 0. The number of benzene rings is 2. The first kappa shape index (κ1) is 14.8. The van der Waals surface area contributed by atoms with Gasteiger partial charge in [-0.3, -0.25) is 14.5 Å². The van der Waals surface area contributed by atoms with Crippen LogP contribution in [-0.4, -0.2) is 30.8 Å². The molecule has 0 saturated heterocycles. The molecule has 0 spiro atoms. The van der Waals surface area contributed by atoms with Gasteiger partial charge in [-0.15, -0.1) is 0 Å². The first-order valence-corrected chi connectivity index (χ1v) is 6.73. The van der Waals surface area contributed by atoms with Crippen LogP contribution in [0.15, 0.2) is 60.7 Å². The minimum Gasteiger partial charge on any atom is -0.348 e. The molecular weight excluding hydrogens is 264 g/mol. The Morgan fingerprint density at radius 2 is 1.19 bits per heavy atom. The SMILES string of the molecule is CN(C)C(=O)CC(=O)N(c1ccccc1)c1ccccc1. The van der Waals surface area contributed by atoms with Crippen LogP contribution < -0.4 is 4.90 Å². The first-order valence-electron chi connectivity index (χ1n) is 6.73. The van der Waals surface area contributed by atoms with Crippen LogP contribution in [-0.2, 0) is 9.59 Å². The molecule has 0 aliphatic heterocycles. The smallest absolute Gasteiger partial charge is 0.240 e. The Morgan fingerprint density at radius 1 is 0.762 bits per heavy atom. The van der Waals surface area contributed by atoms with Crippen molar-refractivity contribution in [3.8, 4) is 0 Å². The van der Waals surface area contributed by atoms with Crippen LogP contribution in [0.5, 0.6) is 0 Å². The first-order chi connectivity index (χ1) is 10.1. The van der Waals surface area contributed by atoms with Gasteiger partial charge in [-0.1, -0.05) is 36.4 Å². The predicted octanol–water partition coefficient (Wildman–Crippen LogP) is 2.83. The standard InChI is InChI=1S/C17H18N2O2/c1-18(2)16(20)13-17(21)19(14-9-5-3-6-10-14)15-11-7-4-8-12-15/h3-12H,13H2,1-2H3. The predicted molar refractivity (Wildman–Crippen MR) is 83.3 cm³/mol. The zero-order chi connectivity index (χ0) is 15.2. The van der Waals surface area contributed by atoms with Crippen LogP contribution in [0.2, 0.25) is 0 Å². The molecule has 0 heterocycles. The van der Waals surface area contributed by atoms with E-state index in [0.29, 0.717) is 0 Å². The Balaban J connectivity index is 2.33. The second-order valence-electron chi connectivity index (χ2n) is 4.87. The maximum atomic E-state index is 12.5. The molecule has 21 heavy (non-hydrogen) atoms. The Bertz CT molecular complexity index is 570. The molecule has 0 aliphatic rings. The largest absolute Gasteiger partial charge is 0.348 e. The molecule has 0 fully saturated rings. The molecule has 0 saturated carbocycles. The Labute approximate surface area is 124 Å². The van der Waals surface area contributed by atoms with Crippen LogP contribution >= 0.6 is 0 Å². The van der Waals surface area contributed by atoms with E-state index in [4.69, 9.17) is 0 Å². The topological polar surface area (TPSA) is 40.6 Å². The number of rotatable bonds is 4. The van der Waals surface area contributed by atoms with Crippen molar-refractivity contribution in [2.24, 2.45) is 0 Å². The fourth-order valence-electron chi connectivity index (χ4n) is 1.96. The maximum Gasteiger partial charge on any atom is 0.240 e. The summed E-state index contributed by atoms with van der Waals surface area (Å²) in [6.07, 6.45) is -0.156. The van der Waals surface area contributed by atoms with Crippen molar-refractivity contribution in [3.63, 3.8) is 0 Å². The van der Waals surface area contributed by atoms with Crippen LogP contribution in [0, 0.1) is 0 Å². The van der Waals surface area contributed by atoms with Crippen LogP contribution in [0.4, 0.5) is 11.4 Å². The summed E-state index contributed by atoms with van der Waals surface area (Å²) in [6.45, 7) is 0. The lowest BCUT2D eigenvalue weighted by molar-refractivity contribution is -0.133. The molecule has 4 nitrogen and oxygen atoms in total. The molecule has 0 atom stereocenters. The molecule has 0 N–H and O–H groups in total. The number of nitrogens with zero attached hydrogens (tertiary/aromatic N) is 2. The van der Waals surface area contributed by atoms with Gasteiger partial charge in [-0.2, -0.15) is 0 Å². The lowest BCUT2D eigenvalue weighted by atomic mass is 10.2. The van der Waals surface area contributed by atoms with Gasteiger partial charge in [-0.25, -0.2) is 0 Å². The summed E-state index contributed by atoms with van der Waals surface area (Å²) in [5, 5.41) is 0. The maximum absolute atomic E-state index is 12.5. The molecule has 2 aromatic rings. The second-order valence-corrected chi connectivity index (χ2v) is 4.87. The monoisotopic (exact) mass is 282 g/mol. The van der Waals surface area contributed by atoms with Crippen molar-refractivity contribution >= 4 is 23.2 Å². The molecular formula is C17H18N2O2. The van der Waals surface area contributed by atoms with Gasteiger partial charge < -0.3 is 4.90 Å². The van der Waals surface area contributed by atoms with Crippen molar-refractivity contribution in [2.75, 3.05) is 19.0 Å². The van der Waals surface area contributed by atoms with Gasteiger partial charge in [0.05, 0.1) is 0 Å². The fraction of sp³-hybridized carbons (Fsp3) is 0.176. The number of carbonyl (C=O) groups is 2. The van der Waals surface area contributed by atoms with E-state index in [2.05, 4.69) is 0 Å². The third-order valence-electron chi connectivity index (χ3n) is 3.08. The molecule has 0 bridgehead atoms. The molecule has 0 radical (unpaired) electrons. The van der Waals surface area contributed by atoms with Crippen molar-refractivity contribution in [3.05, 3.63) is 60.7 Å². The number of amides is 2. The quantitative estimate of drug-likeness (QED) is 0.809. The van der Waals surface area contributed by atoms with Crippen molar-refractivity contribution in [1.29, 1.82) is 0 Å². The van der Waals surface area contributed by atoms with E-state index >= 15 is 0 Å². The van der Waals surface area contributed by atoms with Gasteiger partial charge in [0.2, 0.25) is 11.8 Å². The summed E-state index contributed by atoms with van der Waals surface area (Å²) < 4.78 is 0. The van der Waals surface area contributed by atoms with E-state index in [9.17, 15) is 9.59 Å². The highest BCUT2D eigenvalue weighted by Crippen LogP contribution is 2.25. The summed E-state index contributed by atoms with van der Waals surface area (Å²) in [5.74, 6) is -0.456. The number of hydrogen-bond acceptors (Lipinski definition) is 2. The number of hydrogen-bond donors (Lipinski definition) is 0. The molecule has 0 aliphatic carbocycles. The zero-order valence-corrected chi connectivity index (χ0v) is 12.2. The van der Waals surface area contributed by atoms with E-state index in [1.165, 1.54) is 4.90 Å². The zero-order valence-electron chi connectivity index (χ0n) is 12.2. The summed E-state index contributed by atoms with van der Waals surface area (Å²) in [6, 6.07) is 18.7. The van der Waals surface area contributed by atoms with Gasteiger partial charge in [0.15, 0.2) is 0 Å². The number of anilines is 2. The molecule has 108 valence electrons. The van der Waals surface area contributed by atoms with Crippen LogP contribution in [0.3, 0.4) is 0 Å². The van der Waals surface area contributed by atoms with E-state index in [-0.39, 0.29) is 18.2 Å². The minimum absolute atomic E-state index is 0.156. The van der Waals surface area contributed by atoms with Gasteiger partial charge >= 0.3 is 0 Å². The number of para-hydroxylation sites is 2. The van der Waals surface area contributed by atoms with Crippen LogP contribution in [0.1, 0.15) is 6.42 Å². The molecule has 2 amide bonds. The van der Waals surface area contributed by atoms with Gasteiger partial charge in [-0.05, 0) is 24.3 Å². The van der Waals surface area contributed by atoms with E-state index in [0.717, 1.165) is 11.4 Å². The van der Waals surface area contributed by atoms with Gasteiger partial charge in [0.1, 0.15) is 6.42 Å². The highest BCUT2D eigenvalue weighted by Gasteiger charge is 2.21. The highest BCUT2D eigenvalue weighted by molar-refractivity contribution is 6.08. The van der Waals surface area contributed by atoms with Crippen molar-refractivity contribution < 1.29 is 9.59 Å². The summed E-state index contributed by atoms with van der Waals surface area (Å²) in [7, 11) is 3.29. The normalized spacial score (nSPS) is 10.0. The average Bonchev–Trinajstić information content (AvgIpc) is 2.49. The average molecular weight is 282 g/mol. The lowest BCUT2D eigenvalue weighted by Gasteiger charge is -2.23. The Hall–Kier alpha value is -2.62. The molecule has 2 rings (SSSR count). The molecule has 4 heteroatoms. The summed E-state index contributed by atoms with van der Waals surface area (Å²) in [4.78, 5) is 27.3. The second kappa shape index (κ2) is 6.70. The Morgan fingerprint density at radius 3 is 1.57 bits per heavy atom. The van der Waals surface area contributed by atoms with E-state index in [1.807, 2.05) is 60.7 Å².